The normalized spacial score (nSPS) is 10.2. The van der Waals surface area contributed by atoms with E-state index in [0.717, 1.165) is 12.3 Å². The first kappa shape index (κ1) is 12.7. The first-order chi connectivity index (χ1) is 8.99. The van der Waals surface area contributed by atoms with E-state index < -0.39 is 17.6 Å². The van der Waals surface area contributed by atoms with Crippen LogP contribution in [0.5, 0.6) is 0 Å². The van der Waals surface area contributed by atoms with E-state index in [4.69, 9.17) is 10.8 Å². The van der Waals surface area contributed by atoms with Gasteiger partial charge in [0.15, 0.2) is 17.5 Å². The number of anilines is 3. The lowest BCUT2D eigenvalue weighted by Crippen LogP contribution is -2.05. The van der Waals surface area contributed by atoms with E-state index in [1.165, 1.54) is 18.2 Å². The van der Waals surface area contributed by atoms with Gasteiger partial charge < -0.3 is 16.2 Å². The number of carboxylic acid groups (broad SMARTS) is 1. The van der Waals surface area contributed by atoms with E-state index in [-0.39, 0.29) is 22.8 Å². The lowest BCUT2D eigenvalue weighted by Gasteiger charge is -2.09. The first-order valence-corrected chi connectivity index (χ1v) is 5.19. The summed E-state index contributed by atoms with van der Waals surface area (Å²) in [7, 11) is 0. The summed E-state index contributed by atoms with van der Waals surface area (Å²) in [5, 5.41) is 11.2. The molecule has 7 heteroatoms. The standard InChI is InChI=1S/C12H9F2N3O2/c13-7-2-1-3-9(10(7)14)17-11-8(15)4-6(5-16-11)12(18)19/h1-5H,15H2,(H,16,17)(H,18,19). The molecule has 98 valence electrons. The second-order valence-electron chi connectivity index (χ2n) is 3.69. The molecule has 1 aromatic carbocycles. The Morgan fingerprint density at radius 1 is 1.37 bits per heavy atom. The molecule has 0 fully saturated rings. The molecule has 0 spiro atoms. The zero-order valence-corrected chi connectivity index (χ0v) is 9.52. The number of hydrogen-bond donors (Lipinski definition) is 3. The van der Waals surface area contributed by atoms with Gasteiger partial charge in [-0.05, 0) is 18.2 Å². The van der Waals surface area contributed by atoms with Gasteiger partial charge in [0.25, 0.3) is 0 Å². The molecule has 0 atom stereocenters. The number of hydrogen-bond acceptors (Lipinski definition) is 4. The number of nitrogens with zero attached hydrogens (tertiary/aromatic N) is 1. The van der Waals surface area contributed by atoms with E-state index in [1.54, 1.807) is 0 Å². The molecule has 19 heavy (non-hydrogen) atoms. The second kappa shape index (κ2) is 4.89. The molecular formula is C12H9F2N3O2. The smallest absolute Gasteiger partial charge is 0.337 e. The van der Waals surface area contributed by atoms with Gasteiger partial charge in [-0.2, -0.15) is 0 Å². The van der Waals surface area contributed by atoms with Crippen molar-refractivity contribution in [1.82, 2.24) is 4.98 Å². The Kier molecular flexibility index (Phi) is 3.28. The fraction of sp³-hybridized carbons (Fsp3) is 0. The van der Waals surface area contributed by atoms with Crippen molar-refractivity contribution < 1.29 is 18.7 Å². The molecule has 0 saturated carbocycles. The fourth-order valence-electron chi connectivity index (χ4n) is 1.43. The van der Waals surface area contributed by atoms with Gasteiger partial charge in [0.05, 0.1) is 16.9 Å². The maximum absolute atomic E-state index is 13.4. The van der Waals surface area contributed by atoms with Crippen LogP contribution < -0.4 is 11.1 Å². The fourth-order valence-corrected chi connectivity index (χ4v) is 1.43. The minimum Gasteiger partial charge on any atom is -0.478 e. The van der Waals surface area contributed by atoms with Crippen LogP contribution in [0.15, 0.2) is 30.5 Å². The van der Waals surface area contributed by atoms with Crippen LogP contribution in [-0.4, -0.2) is 16.1 Å². The summed E-state index contributed by atoms with van der Waals surface area (Å²) in [5.74, 6) is -3.20. The quantitative estimate of drug-likeness (QED) is 0.793. The van der Waals surface area contributed by atoms with E-state index >= 15 is 0 Å². The summed E-state index contributed by atoms with van der Waals surface area (Å²) in [6.07, 6.45) is 1.07. The molecule has 2 aromatic rings. The van der Waals surface area contributed by atoms with Gasteiger partial charge in [-0.15, -0.1) is 0 Å². The molecule has 0 saturated heterocycles. The highest BCUT2D eigenvalue weighted by Gasteiger charge is 2.11. The summed E-state index contributed by atoms with van der Waals surface area (Å²) >= 11 is 0. The van der Waals surface area contributed by atoms with Gasteiger partial charge in [-0.3, -0.25) is 0 Å². The van der Waals surface area contributed by atoms with E-state index in [2.05, 4.69) is 10.3 Å². The van der Waals surface area contributed by atoms with Crippen LogP contribution in [0.4, 0.5) is 26.0 Å². The molecule has 1 aromatic heterocycles. The number of nitrogen functional groups attached to an aromatic ring is 1. The molecule has 1 heterocycles. The van der Waals surface area contributed by atoms with Crippen molar-refractivity contribution in [1.29, 1.82) is 0 Å². The van der Waals surface area contributed by atoms with E-state index in [9.17, 15) is 13.6 Å². The van der Waals surface area contributed by atoms with Crippen molar-refractivity contribution in [2.45, 2.75) is 0 Å². The monoisotopic (exact) mass is 265 g/mol. The van der Waals surface area contributed by atoms with Crippen LogP contribution in [-0.2, 0) is 0 Å². The van der Waals surface area contributed by atoms with Crippen molar-refractivity contribution in [2.75, 3.05) is 11.1 Å². The summed E-state index contributed by atoms with van der Waals surface area (Å²) in [5.41, 5.74) is 5.38. The maximum atomic E-state index is 13.4. The zero-order chi connectivity index (χ0) is 14.0. The predicted octanol–water partition coefficient (Wildman–Crippen LogP) is 2.38. The highest BCUT2D eigenvalue weighted by molar-refractivity contribution is 5.89. The van der Waals surface area contributed by atoms with Crippen LogP contribution in [0.25, 0.3) is 0 Å². The lowest BCUT2D eigenvalue weighted by molar-refractivity contribution is 0.0696. The number of aromatic carboxylic acids is 1. The van der Waals surface area contributed by atoms with E-state index in [0.29, 0.717) is 0 Å². The topological polar surface area (TPSA) is 88.2 Å². The average Bonchev–Trinajstić information content (AvgIpc) is 2.37. The van der Waals surface area contributed by atoms with Gasteiger partial charge >= 0.3 is 5.97 Å². The number of halogens is 2. The van der Waals surface area contributed by atoms with Gasteiger partial charge in [0.1, 0.15) is 0 Å². The largest absolute Gasteiger partial charge is 0.478 e. The van der Waals surface area contributed by atoms with Crippen LogP contribution in [0, 0.1) is 11.6 Å². The number of rotatable bonds is 3. The van der Waals surface area contributed by atoms with Crippen LogP contribution in [0.1, 0.15) is 10.4 Å². The molecular weight excluding hydrogens is 256 g/mol. The molecule has 0 bridgehead atoms. The number of carboxylic acids is 1. The number of pyridine rings is 1. The molecule has 0 aliphatic carbocycles. The summed E-state index contributed by atoms with van der Waals surface area (Å²) in [6, 6.07) is 4.78. The number of benzene rings is 1. The lowest BCUT2D eigenvalue weighted by atomic mass is 10.2. The van der Waals surface area contributed by atoms with Gasteiger partial charge in [0, 0.05) is 6.20 Å². The van der Waals surface area contributed by atoms with Crippen molar-refractivity contribution in [2.24, 2.45) is 0 Å². The predicted molar refractivity (Wildman–Crippen MR) is 65.2 cm³/mol. The SMILES string of the molecule is Nc1cc(C(=O)O)cnc1Nc1cccc(F)c1F. The third-order valence-electron chi connectivity index (χ3n) is 2.37. The Morgan fingerprint density at radius 2 is 2.11 bits per heavy atom. The third kappa shape index (κ3) is 2.59. The van der Waals surface area contributed by atoms with Crippen LogP contribution >= 0.6 is 0 Å². The van der Waals surface area contributed by atoms with Gasteiger partial charge in [-0.25, -0.2) is 18.6 Å². The van der Waals surface area contributed by atoms with Crippen molar-refractivity contribution in [3.63, 3.8) is 0 Å². The maximum Gasteiger partial charge on any atom is 0.337 e. The molecule has 0 aliphatic heterocycles. The highest BCUT2D eigenvalue weighted by Crippen LogP contribution is 2.24. The molecule has 0 amide bonds. The number of aromatic nitrogens is 1. The van der Waals surface area contributed by atoms with Crippen LogP contribution in [0.2, 0.25) is 0 Å². The first-order valence-electron chi connectivity index (χ1n) is 5.19. The zero-order valence-electron chi connectivity index (χ0n) is 9.52. The Bertz CT molecular complexity index is 647. The summed E-state index contributed by atoms with van der Waals surface area (Å²) in [6.45, 7) is 0. The van der Waals surface area contributed by atoms with Gasteiger partial charge in [0.2, 0.25) is 0 Å². The molecule has 0 unspecified atom stereocenters. The Labute approximate surface area is 106 Å². The minimum atomic E-state index is -1.18. The van der Waals surface area contributed by atoms with Gasteiger partial charge in [-0.1, -0.05) is 6.07 Å². The molecule has 5 nitrogen and oxygen atoms in total. The Hall–Kier alpha value is -2.70. The average molecular weight is 265 g/mol. The van der Waals surface area contributed by atoms with E-state index in [1.807, 2.05) is 0 Å². The Balaban J connectivity index is 2.34. The number of carbonyl (C=O) groups is 1. The van der Waals surface area contributed by atoms with Crippen molar-refractivity contribution >= 4 is 23.2 Å². The third-order valence-corrected chi connectivity index (χ3v) is 2.37. The highest BCUT2D eigenvalue weighted by atomic mass is 19.2. The summed E-state index contributed by atoms with van der Waals surface area (Å²) < 4.78 is 26.4. The number of nitrogens with two attached hydrogens (primary N) is 1. The van der Waals surface area contributed by atoms with Crippen molar-refractivity contribution in [3.05, 3.63) is 47.7 Å². The molecule has 2 rings (SSSR count). The Morgan fingerprint density at radius 3 is 2.74 bits per heavy atom. The second-order valence-corrected chi connectivity index (χ2v) is 3.69. The van der Waals surface area contributed by atoms with Crippen molar-refractivity contribution in [3.8, 4) is 0 Å². The minimum absolute atomic E-state index is 0.0172. The number of nitrogens with one attached hydrogen (secondary N) is 1. The molecule has 0 radical (unpaired) electrons. The summed E-state index contributed by atoms with van der Waals surface area (Å²) in [4.78, 5) is 14.5. The van der Waals surface area contributed by atoms with Crippen LogP contribution in [0.3, 0.4) is 0 Å². The molecule has 4 N–H and O–H groups in total. The molecule has 0 aliphatic rings.